The van der Waals surface area contributed by atoms with Gasteiger partial charge >= 0.3 is 6.09 Å². The van der Waals surface area contributed by atoms with Gasteiger partial charge in [-0.25, -0.2) is 9.18 Å². The molecule has 1 spiro atoms. The van der Waals surface area contributed by atoms with E-state index in [1.165, 1.54) is 10.9 Å². The molecular formula is C20H21FN4O3. The second-order valence-corrected chi connectivity index (χ2v) is 8.57. The third-order valence-electron chi connectivity index (χ3n) is 5.72. The summed E-state index contributed by atoms with van der Waals surface area (Å²) in [6.45, 7) is 6.35. The molecule has 1 N–H and O–H groups in total. The number of hydrogen-bond donors (Lipinski definition) is 1. The van der Waals surface area contributed by atoms with E-state index >= 15 is 4.39 Å². The lowest BCUT2D eigenvalue weighted by molar-refractivity contribution is 0.118. The van der Waals surface area contributed by atoms with E-state index in [2.05, 4.69) is 25.9 Å². The first-order chi connectivity index (χ1) is 13.1. The maximum Gasteiger partial charge on any atom is 0.412 e. The Bertz CT molecular complexity index is 1030. The minimum atomic E-state index is -1.19. The molecule has 1 aliphatic heterocycles. The van der Waals surface area contributed by atoms with Crippen molar-refractivity contribution in [2.75, 3.05) is 11.4 Å². The molecule has 2 atom stereocenters. The van der Waals surface area contributed by atoms with E-state index < -0.39 is 17.5 Å². The molecule has 146 valence electrons. The number of ether oxygens (including phenoxy) is 1. The molecule has 1 saturated carbocycles. The highest BCUT2D eigenvalue weighted by molar-refractivity contribution is 5.92. The number of aryl methyl sites for hydroxylation is 1. The van der Waals surface area contributed by atoms with Crippen LogP contribution < -0.4 is 9.64 Å². The zero-order chi connectivity index (χ0) is 20.4. The van der Waals surface area contributed by atoms with Crippen molar-refractivity contribution in [3.8, 4) is 23.1 Å². The third kappa shape index (κ3) is 2.53. The van der Waals surface area contributed by atoms with Crippen molar-refractivity contribution in [3.63, 3.8) is 0 Å². The summed E-state index contributed by atoms with van der Waals surface area (Å²) < 4.78 is 22.8. The summed E-state index contributed by atoms with van der Waals surface area (Å²) in [5.41, 5.74) is -0.237. The molecule has 1 fully saturated rings. The Labute approximate surface area is 161 Å². The molecule has 0 radical (unpaired) electrons. The second-order valence-electron chi connectivity index (χ2n) is 8.57. The zero-order valence-electron chi connectivity index (χ0n) is 16.2. The number of nitriles is 1. The number of anilines is 1. The fourth-order valence-electron chi connectivity index (χ4n) is 4.33. The monoisotopic (exact) mass is 384 g/mol. The number of carbonyl (C=O) groups is 1. The number of carboxylic acid groups (broad SMARTS) is 1. The van der Waals surface area contributed by atoms with Crippen LogP contribution in [0.5, 0.6) is 5.75 Å². The van der Waals surface area contributed by atoms with Gasteiger partial charge in [-0.15, -0.1) is 0 Å². The van der Waals surface area contributed by atoms with Crippen molar-refractivity contribution >= 4 is 11.8 Å². The Morgan fingerprint density at radius 1 is 1.50 bits per heavy atom. The molecule has 2 unspecified atom stereocenters. The summed E-state index contributed by atoms with van der Waals surface area (Å²) >= 11 is 0. The minimum absolute atomic E-state index is 0.0107. The second kappa shape index (κ2) is 5.71. The molecule has 7 nitrogen and oxygen atoms in total. The Balaban J connectivity index is 1.93. The quantitative estimate of drug-likeness (QED) is 0.808. The average molecular weight is 384 g/mol. The molecule has 1 aliphatic carbocycles. The van der Waals surface area contributed by atoms with Crippen LogP contribution in [0.1, 0.15) is 32.8 Å². The van der Waals surface area contributed by atoms with Crippen LogP contribution in [-0.4, -0.2) is 33.1 Å². The van der Waals surface area contributed by atoms with Gasteiger partial charge in [0.25, 0.3) is 0 Å². The number of rotatable bonds is 1. The smallest absolute Gasteiger partial charge is 0.412 e. The van der Waals surface area contributed by atoms with Crippen molar-refractivity contribution in [2.45, 2.75) is 32.8 Å². The van der Waals surface area contributed by atoms with Gasteiger partial charge in [-0.05, 0) is 17.9 Å². The van der Waals surface area contributed by atoms with E-state index in [4.69, 9.17) is 4.74 Å². The number of aromatic nitrogens is 2. The topological polar surface area (TPSA) is 91.4 Å². The third-order valence-corrected chi connectivity index (χ3v) is 5.72. The number of halogens is 1. The molecule has 0 saturated heterocycles. The highest BCUT2D eigenvalue weighted by Gasteiger charge is 2.64. The highest BCUT2D eigenvalue weighted by Crippen LogP contribution is 2.60. The van der Waals surface area contributed by atoms with Crippen molar-refractivity contribution in [1.82, 2.24) is 9.78 Å². The SMILES string of the molecule is Cn1nccc1-c1c(F)cc2c(c1C#N)OC1(CC1C(C)(C)C)CN2C(=O)O. The fourth-order valence-corrected chi connectivity index (χ4v) is 4.33. The Kier molecular flexibility index (Phi) is 3.73. The standard InChI is InChI=1S/C20H21FN4O3/c1-19(2,3)15-8-20(15)10-25(18(26)27)14-7-12(21)16(11(9-22)17(14)28-20)13-5-6-23-24(13)4/h5-7,15H,8,10H2,1-4H3,(H,26,27). The maximum atomic E-state index is 15.0. The lowest BCUT2D eigenvalue weighted by atomic mass is 9.87. The molecule has 2 aromatic rings. The van der Waals surface area contributed by atoms with E-state index in [9.17, 15) is 15.2 Å². The van der Waals surface area contributed by atoms with Crippen LogP contribution >= 0.6 is 0 Å². The molecule has 1 amide bonds. The lowest BCUT2D eigenvalue weighted by Gasteiger charge is -2.37. The Hall–Kier alpha value is -3.08. The molecule has 2 heterocycles. The largest absolute Gasteiger partial charge is 0.481 e. The number of fused-ring (bicyclic) bond motifs is 1. The lowest BCUT2D eigenvalue weighted by Crippen LogP contribution is -2.47. The predicted octanol–water partition coefficient (Wildman–Crippen LogP) is 3.78. The molecular weight excluding hydrogens is 363 g/mol. The average Bonchev–Trinajstić information content (AvgIpc) is 3.16. The van der Waals surface area contributed by atoms with E-state index in [1.54, 1.807) is 13.1 Å². The van der Waals surface area contributed by atoms with Gasteiger partial charge in [0.15, 0.2) is 5.75 Å². The van der Waals surface area contributed by atoms with Crippen LogP contribution in [0.4, 0.5) is 14.9 Å². The zero-order valence-corrected chi connectivity index (χ0v) is 16.2. The van der Waals surface area contributed by atoms with Crippen molar-refractivity contribution in [3.05, 3.63) is 29.7 Å². The molecule has 8 heteroatoms. The van der Waals surface area contributed by atoms with Crippen molar-refractivity contribution in [1.29, 1.82) is 5.26 Å². The molecule has 1 aromatic carbocycles. The van der Waals surface area contributed by atoms with Gasteiger partial charge in [0, 0.05) is 25.2 Å². The van der Waals surface area contributed by atoms with E-state index in [0.717, 1.165) is 11.0 Å². The van der Waals surface area contributed by atoms with Crippen LogP contribution in [0.2, 0.25) is 0 Å². The van der Waals surface area contributed by atoms with Gasteiger partial charge in [-0.3, -0.25) is 9.58 Å². The first-order valence-corrected chi connectivity index (χ1v) is 9.03. The summed E-state index contributed by atoms with van der Waals surface area (Å²) in [6.07, 6.45) is 1.00. The molecule has 1 aromatic heterocycles. The van der Waals surface area contributed by atoms with Gasteiger partial charge in [-0.2, -0.15) is 10.4 Å². The fraction of sp³-hybridized carbons (Fsp3) is 0.450. The van der Waals surface area contributed by atoms with Crippen LogP contribution in [0.25, 0.3) is 11.3 Å². The first kappa shape index (κ1) is 18.3. The van der Waals surface area contributed by atoms with Crippen molar-refractivity contribution in [2.24, 2.45) is 18.4 Å². The molecule has 0 bridgehead atoms. The number of nitrogens with zero attached hydrogens (tertiary/aromatic N) is 4. The minimum Gasteiger partial charge on any atom is -0.481 e. The van der Waals surface area contributed by atoms with E-state index in [-0.39, 0.29) is 40.4 Å². The summed E-state index contributed by atoms with van der Waals surface area (Å²) in [4.78, 5) is 13.0. The van der Waals surface area contributed by atoms with Crippen molar-refractivity contribution < 1.29 is 19.0 Å². The molecule has 28 heavy (non-hydrogen) atoms. The highest BCUT2D eigenvalue weighted by atomic mass is 19.1. The van der Waals surface area contributed by atoms with E-state index in [0.29, 0.717) is 12.1 Å². The Morgan fingerprint density at radius 2 is 2.21 bits per heavy atom. The summed E-state index contributed by atoms with van der Waals surface area (Å²) in [5.74, 6) is -0.430. The van der Waals surface area contributed by atoms with Gasteiger partial charge in [0.2, 0.25) is 0 Å². The van der Waals surface area contributed by atoms with Gasteiger partial charge in [0.05, 0.1) is 23.5 Å². The number of amides is 1. The molecule has 2 aliphatic rings. The van der Waals surface area contributed by atoms with Crippen LogP contribution in [0, 0.1) is 28.5 Å². The predicted molar refractivity (Wildman–Crippen MR) is 99.6 cm³/mol. The van der Waals surface area contributed by atoms with Crippen LogP contribution in [-0.2, 0) is 7.05 Å². The summed E-state index contributed by atoms with van der Waals surface area (Å²) in [7, 11) is 1.65. The molecule has 4 rings (SSSR count). The number of hydrogen-bond acceptors (Lipinski definition) is 4. The van der Waals surface area contributed by atoms with E-state index in [1.807, 2.05) is 6.07 Å². The maximum absolute atomic E-state index is 15.0. The van der Waals surface area contributed by atoms with Gasteiger partial charge in [0.1, 0.15) is 23.1 Å². The van der Waals surface area contributed by atoms with Gasteiger partial charge in [-0.1, -0.05) is 20.8 Å². The van der Waals surface area contributed by atoms with Crippen LogP contribution in [0.3, 0.4) is 0 Å². The summed E-state index contributed by atoms with van der Waals surface area (Å²) in [5, 5.41) is 23.6. The normalized spacial score (nSPS) is 23.1. The first-order valence-electron chi connectivity index (χ1n) is 9.03. The Morgan fingerprint density at radius 3 is 2.71 bits per heavy atom. The van der Waals surface area contributed by atoms with Gasteiger partial charge < -0.3 is 9.84 Å². The van der Waals surface area contributed by atoms with Crippen LogP contribution in [0.15, 0.2) is 18.3 Å². The summed E-state index contributed by atoms with van der Waals surface area (Å²) in [6, 6.07) is 4.77. The number of benzene rings is 1.